The monoisotopic (exact) mass is 462 g/mol. The summed E-state index contributed by atoms with van der Waals surface area (Å²) in [6.07, 6.45) is 5.01. The van der Waals surface area contributed by atoms with Gasteiger partial charge in [-0.1, -0.05) is 37.6 Å². The Morgan fingerprint density at radius 3 is 2.34 bits per heavy atom. The molecule has 1 saturated heterocycles. The number of carbonyl (C=O) groups excluding carboxylic acids is 4. The predicted octanol–water partition coefficient (Wildman–Crippen LogP) is 3.20. The van der Waals surface area contributed by atoms with Gasteiger partial charge in [-0.15, -0.1) is 0 Å². The summed E-state index contributed by atoms with van der Waals surface area (Å²) in [7, 11) is 1.45. The maximum absolute atomic E-state index is 12.9. The zero-order valence-corrected chi connectivity index (χ0v) is 19.1. The average molecular weight is 463 g/mol. The average Bonchev–Trinajstić information content (AvgIpc) is 3.01. The lowest BCUT2D eigenvalue weighted by Gasteiger charge is -2.26. The van der Waals surface area contributed by atoms with E-state index in [9.17, 15) is 19.2 Å². The molecule has 2 aliphatic rings. The van der Waals surface area contributed by atoms with E-state index in [1.165, 1.54) is 13.2 Å². The first kappa shape index (κ1) is 23.8. The minimum Gasteiger partial charge on any atom is -0.495 e. The molecule has 3 rings (SSSR count). The minimum absolute atomic E-state index is 0.0263. The number of hydrogen-bond acceptors (Lipinski definition) is 6. The highest BCUT2D eigenvalue weighted by atomic mass is 35.5. The van der Waals surface area contributed by atoms with Crippen LogP contribution in [0.1, 0.15) is 33.1 Å². The highest BCUT2D eigenvalue weighted by Crippen LogP contribution is 2.37. The number of esters is 1. The maximum atomic E-state index is 12.9. The van der Waals surface area contributed by atoms with Crippen LogP contribution in [-0.4, -0.2) is 48.3 Å². The Hall–Kier alpha value is -2.87. The molecule has 8 nitrogen and oxygen atoms in total. The van der Waals surface area contributed by atoms with Crippen molar-refractivity contribution in [2.75, 3.05) is 19.0 Å². The fraction of sp³-hybridized carbons (Fsp3) is 0.478. The van der Waals surface area contributed by atoms with E-state index in [1.807, 2.05) is 26.0 Å². The fourth-order valence-electron chi connectivity index (χ4n) is 4.08. The van der Waals surface area contributed by atoms with E-state index in [1.54, 1.807) is 12.1 Å². The molecular weight excluding hydrogens is 436 g/mol. The molecule has 1 heterocycles. The Morgan fingerprint density at radius 2 is 1.78 bits per heavy atom. The molecule has 1 fully saturated rings. The number of rotatable bonds is 8. The van der Waals surface area contributed by atoms with Crippen LogP contribution in [0.2, 0.25) is 5.02 Å². The van der Waals surface area contributed by atoms with E-state index in [2.05, 4.69) is 5.32 Å². The molecule has 1 aromatic rings. The summed E-state index contributed by atoms with van der Waals surface area (Å²) in [5.74, 6) is -2.52. The molecule has 1 aromatic carbocycles. The minimum atomic E-state index is -1.06. The number of hydrogen-bond donors (Lipinski definition) is 1. The molecule has 0 spiro atoms. The van der Waals surface area contributed by atoms with Gasteiger partial charge in [0, 0.05) is 5.02 Å². The summed E-state index contributed by atoms with van der Waals surface area (Å²) in [6.45, 7) is 3.20. The van der Waals surface area contributed by atoms with E-state index >= 15 is 0 Å². The van der Waals surface area contributed by atoms with Gasteiger partial charge in [0.25, 0.3) is 5.91 Å². The van der Waals surface area contributed by atoms with Crippen molar-refractivity contribution in [3.05, 3.63) is 35.4 Å². The van der Waals surface area contributed by atoms with Crippen LogP contribution in [0.15, 0.2) is 30.4 Å². The van der Waals surface area contributed by atoms with Crippen LogP contribution >= 0.6 is 11.6 Å². The first-order valence-corrected chi connectivity index (χ1v) is 10.9. The molecule has 0 saturated carbocycles. The fourth-order valence-corrected chi connectivity index (χ4v) is 4.26. The van der Waals surface area contributed by atoms with E-state index in [4.69, 9.17) is 21.1 Å². The summed E-state index contributed by atoms with van der Waals surface area (Å²) < 4.78 is 10.4. The number of methoxy groups -OCH3 is 1. The van der Waals surface area contributed by atoms with Gasteiger partial charge in [-0.3, -0.25) is 19.3 Å². The molecule has 32 heavy (non-hydrogen) atoms. The molecule has 9 heteroatoms. The van der Waals surface area contributed by atoms with Gasteiger partial charge in [-0.25, -0.2) is 4.79 Å². The van der Waals surface area contributed by atoms with Gasteiger partial charge < -0.3 is 14.8 Å². The van der Waals surface area contributed by atoms with Crippen molar-refractivity contribution < 1.29 is 28.7 Å². The second-order valence-electron chi connectivity index (χ2n) is 8.35. The number of amides is 3. The summed E-state index contributed by atoms with van der Waals surface area (Å²) in [4.78, 5) is 52.1. The topological polar surface area (TPSA) is 102 Å². The molecule has 3 amide bonds. The number of imide groups is 1. The van der Waals surface area contributed by atoms with Gasteiger partial charge in [-0.05, 0) is 43.4 Å². The van der Waals surface area contributed by atoms with E-state index in [0.29, 0.717) is 29.3 Å². The van der Waals surface area contributed by atoms with Gasteiger partial charge in [-0.2, -0.15) is 0 Å². The van der Waals surface area contributed by atoms with Gasteiger partial charge in [0.2, 0.25) is 11.8 Å². The Labute approximate surface area is 191 Å². The quantitative estimate of drug-likeness (QED) is 0.361. The lowest BCUT2D eigenvalue weighted by Crippen LogP contribution is -2.47. The molecule has 0 aromatic heterocycles. The lowest BCUT2D eigenvalue weighted by atomic mass is 9.85. The highest BCUT2D eigenvalue weighted by Gasteiger charge is 2.51. The number of nitrogens with one attached hydrogen (secondary N) is 1. The van der Waals surface area contributed by atoms with Crippen LogP contribution in [0.3, 0.4) is 0 Å². The molecule has 0 bridgehead atoms. The Balaban J connectivity index is 1.68. The van der Waals surface area contributed by atoms with Crippen LogP contribution in [0.4, 0.5) is 5.69 Å². The summed E-state index contributed by atoms with van der Waals surface area (Å²) in [5.41, 5.74) is 0.334. The number of fused-ring (bicyclic) bond motifs is 1. The molecule has 172 valence electrons. The molecular formula is C23H27ClN2O6. The summed E-state index contributed by atoms with van der Waals surface area (Å²) >= 11 is 5.96. The number of benzene rings is 1. The number of halogens is 1. The van der Waals surface area contributed by atoms with Gasteiger partial charge in [0.05, 0.1) is 24.6 Å². The standard InChI is InChI=1S/C23H27ClN2O6/c1-13(2)10-18(26-21(28)15-6-4-5-7-16(15)22(26)29)23(30)32-12-20(27)25-17-11-14(24)8-9-19(17)31-3/h4-5,8-9,11,13,15-16,18H,6-7,10,12H2,1-3H3,(H,25,27)/t15-,16-,18+/m0/s1. The van der Waals surface area contributed by atoms with Crippen molar-refractivity contribution in [1.29, 1.82) is 0 Å². The van der Waals surface area contributed by atoms with Gasteiger partial charge in [0.1, 0.15) is 11.8 Å². The summed E-state index contributed by atoms with van der Waals surface area (Å²) in [6, 6.07) is 3.67. The van der Waals surface area contributed by atoms with Crippen molar-refractivity contribution in [2.45, 2.75) is 39.2 Å². The number of anilines is 1. The first-order chi connectivity index (χ1) is 15.2. The molecule has 1 aliphatic carbocycles. The zero-order valence-electron chi connectivity index (χ0n) is 18.3. The van der Waals surface area contributed by atoms with Crippen molar-refractivity contribution in [1.82, 2.24) is 4.90 Å². The molecule has 1 aliphatic heterocycles. The highest BCUT2D eigenvalue weighted by molar-refractivity contribution is 6.31. The Morgan fingerprint density at radius 1 is 1.16 bits per heavy atom. The zero-order chi connectivity index (χ0) is 23.4. The molecule has 0 unspecified atom stereocenters. The maximum Gasteiger partial charge on any atom is 0.329 e. The third kappa shape index (κ3) is 5.12. The normalized spacial score (nSPS) is 20.8. The Bertz CT molecular complexity index is 918. The van der Waals surface area contributed by atoms with Crippen molar-refractivity contribution in [3.8, 4) is 5.75 Å². The summed E-state index contributed by atoms with van der Waals surface area (Å²) in [5, 5.41) is 2.98. The van der Waals surface area contributed by atoms with Crippen LogP contribution < -0.4 is 10.1 Å². The van der Waals surface area contributed by atoms with E-state index < -0.39 is 36.4 Å². The van der Waals surface area contributed by atoms with Crippen LogP contribution in [0.5, 0.6) is 5.75 Å². The lowest BCUT2D eigenvalue weighted by molar-refractivity contribution is -0.160. The molecule has 0 radical (unpaired) electrons. The Kier molecular flexibility index (Phi) is 7.56. The number of allylic oxidation sites excluding steroid dienone is 2. The SMILES string of the molecule is COc1ccc(Cl)cc1NC(=O)COC(=O)[C@@H](CC(C)C)N1C(=O)[C@H]2CC=CC[C@@H]2C1=O. The smallest absolute Gasteiger partial charge is 0.329 e. The van der Waals surface area contributed by atoms with Crippen LogP contribution in [0.25, 0.3) is 0 Å². The van der Waals surface area contributed by atoms with Crippen LogP contribution in [-0.2, 0) is 23.9 Å². The second kappa shape index (κ2) is 10.2. The molecule has 3 atom stereocenters. The first-order valence-electron chi connectivity index (χ1n) is 10.5. The number of nitrogens with zero attached hydrogens (tertiary/aromatic N) is 1. The van der Waals surface area contributed by atoms with E-state index in [0.717, 1.165) is 4.90 Å². The van der Waals surface area contributed by atoms with Crippen molar-refractivity contribution in [2.24, 2.45) is 17.8 Å². The van der Waals surface area contributed by atoms with Crippen LogP contribution in [0, 0.1) is 17.8 Å². The number of carbonyl (C=O) groups is 4. The molecule has 1 N–H and O–H groups in total. The third-order valence-electron chi connectivity index (χ3n) is 5.60. The largest absolute Gasteiger partial charge is 0.495 e. The van der Waals surface area contributed by atoms with Gasteiger partial charge in [0.15, 0.2) is 6.61 Å². The van der Waals surface area contributed by atoms with Gasteiger partial charge >= 0.3 is 5.97 Å². The number of likely N-dealkylation sites (tertiary alicyclic amines) is 1. The number of ether oxygens (including phenoxy) is 2. The van der Waals surface area contributed by atoms with Crippen molar-refractivity contribution in [3.63, 3.8) is 0 Å². The predicted molar refractivity (Wildman–Crippen MR) is 118 cm³/mol. The second-order valence-corrected chi connectivity index (χ2v) is 8.78. The third-order valence-corrected chi connectivity index (χ3v) is 5.84. The van der Waals surface area contributed by atoms with Crippen molar-refractivity contribution >= 4 is 41.0 Å². The van der Waals surface area contributed by atoms with E-state index in [-0.39, 0.29) is 24.2 Å².